The number of aryl methyl sites for hydroxylation is 1. The predicted molar refractivity (Wildman–Crippen MR) is 80.9 cm³/mol. The summed E-state index contributed by atoms with van der Waals surface area (Å²) in [5.74, 6) is 0.796. The summed E-state index contributed by atoms with van der Waals surface area (Å²) in [5.41, 5.74) is 2.87. The van der Waals surface area contributed by atoms with Crippen LogP contribution >= 0.6 is 0 Å². The van der Waals surface area contributed by atoms with E-state index in [4.69, 9.17) is 0 Å². The second kappa shape index (κ2) is 8.31. The van der Waals surface area contributed by atoms with Crippen molar-refractivity contribution in [2.45, 2.75) is 59.4 Å². The van der Waals surface area contributed by atoms with E-state index in [-0.39, 0.29) is 0 Å². The van der Waals surface area contributed by atoms with Crippen molar-refractivity contribution in [3.63, 3.8) is 0 Å². The maximum Gasteiger partial charge on any atom is 0.0322 e. The Morgan fingerprint density at radius 1 is 1.06 bits per heavy atom. The monoisotopic (exact) mass is 247 g/mol. The molecular formula is C17H29N. The van der Waals surface area contributed by atoms with Gasteiger partial charge in [-0.25, -0.2) is 0 Å². The maximum atomic E-state index is 3.63. The van der Waals surface area contributed by atoms with E-state index in [1.54, 1.807) is 0 Å². The lowest BCUT2D eigenvalue weighted by atomic mass is 9.92. The first-order valence-electron chi connectivity index (χ1n) is 7.53. The van der Waals surface area contributed by atoms with E-state index in [2.05, 4.69) is 57.3 Å². The molecule has 0 fully saturated rings. The predicted octanol–water partition coefficient (Wildman–Crippen LogP) is 4.73. The van der Waals surface area contributed by atoms with Crippen molar-refractivity contribution in [1.82, 2.24) is 5.32 Å². The van der Waals surface area contributed by atoms with Crippen LogP contribution in [0, 0.1) is 5.92 Å². The molecule has 0 spiro atoms. The van der Waals surface area contributed by atoms with Gasteiger partial charge in [0.15, 0.2) is 0 Å². The maximum absolute atomic E-state index is 3.63. The number of nitrogens with one attached hydrogen (secondary N) is 1. The molecule has 0 bridgehead atoms. The number of benzene rings is 1. The van der Waals surface area contributed by atoms with Crippen LogP contribution < -0.4 is 5.32 Å². The fourth-order valence-electron chi connectivity index (χ4n) is 2.58. The Bertz CT molecular complexity index is 315. The van der Waals surface area contributed by atoms with Gasteiger partial charge in [-0.3, -0.25) is 0 Å². The standard InChI is InChI=1S/C17H29N/c1-5-8-14(4)13-17(18-7-3)16-11-9-15(6-2)10-12-16/h9-12,14,17-18H,5-8,13H2,1-4H3. The van der Waals surface area contributed by atoms with Crippen molar-refractivity contribution >= 4 is 0 Å². The van der Waals surface area contributed by atoms with Gasteiger partial charge in [0.2, 0.25) is 0 Å². The molecule has 0 aliphatic carbocycles. The fourth-order valence-corrected chi connectivity index (χ4v) is 2.58. The summed E-state index contributed by atoms with van der Waals surface area (Å²) in [6, 6.07) is 9.65. The quantitative estimate of drug-likeness (QED) is 0.700. The second-order valence-electron chi connectivity index (χ2n) is 5.33. The van der Waals surface area contributed by atoms with Crippen LogP contribution in [-0.2, 0) is 6.42 Å². The molecule has 0 saturated carbocycles. The minimum Gasteiger partial charge on any atom is -0.310 e. The van der Waals surface area contributed by atoms with Crippen molar-refractivity contribution in [2.75, 3.05) is 6.54 Å². The Morgan fingerprint density at radius 2 is 1.72 bits per heavy atom. The van der Waals surface area contributed by atoms with E-state index in [1.165, 1.54) is 30.4 Å². The Labute approximate surface area is 113 Å². The zero-order valence-electron chi connectivity index (χ0n) is 12.5. The lowest BCUT2D eigenvalue weighted by Crippen LogP contribution is -2.23. The van der Waals surface area contributed by atoms with Crippen LogP contribution in [0.15, 0.2) is 24.3 Å². The smallest absolute Gasteiger partial charge is 0.0322 e. The molecule has 0 radical (unpaired) electrons. The first-order chi connectivity index (χ1) is 8.71. The molecule has 1 rings (SSSR count). The number of hydrogen-bond acceptors (Lipinski definition) is 1. The first kappa shape index (κ1) is 15.2. The lowest BCUT2D eigenvalue weighted by Gasteiger charge is -2.22. The lowest BCUT2D eigenvalue weighted by molar-refractivity contribution is 0.395. The van der Waals surface area contributed by atoms with E-state index in [0.29, 0.717) is 6.04 Å². The van der Waals surface area contributed by atoms with Crippen LogP contribution in [0.3, 0.4) is 0 Å². The van der Waals surface area contributed by atoms with Gasteiger partial charge in [-0.15, -0.1) is 0 Å². The van der Waals surface area contributed by atoms with Crippen LogP contribution in [0.2, 0.25) is 0 Å². The molecule has 1 heteroatoms. The average Bonchev–Trinajstić information content (AvgIpc) is 2.39. The van der Waals surface area contributed by atoms with Crippen molar-refractivity contribution in [2.24, 2.45) is 5.92 Å². The summed E-state index contributed by atoms with van der Waals surface area (Å²) in [4.78, 5) is 0. The fraction of sp³-hybridized carbons (Fsp3) is 0.647. The first-order valence-corrected chi connectivity index (χ1v) is 7.53. The molecule has 0 aliphatic heterocycles. The molecule has 2 atom stereocenters. The van der Waals surface area contributed by atoms with E-state index >= 15 is 0 Å². The highest BCUT2D eigenvalue weighted by Gasteiger charge is 2.13. The highest BCUT2D eigenvalue weighted by molar-refractivity contribution is 5.25. The third kappa shape index (κ3) is 4.81. The largest absolute Gasteiger partial charge is 0.310 e. The van der Waals surface area contributed by atoms with Crippen molar-refractivity contribution in [3.8, 4) is 0 Å². The molecule has 0 saturated heterocycles. The van der Waals surface area contributed by atoms with E-state index in [1.807, 2.05) is 0 Å². The van der Waals surface area contributed by atoms with Crippen LogP contribution in [0.4, 0.5) is 0 Å². The van der Waals surface area contributed by atoms with Gasteiger partial charge in [-0.1, -0.05) is 64.8 Å². The average molecular weight is 247 g/mol. The van der Waals surface area contributed by atoms with Crippen molar-refractivity contribution in [1.29, 1.82) is 0 Å². The minimum atomic E-state index is 0.516. The molecule has 102 valence electrons. The molecule has 1 aromatic rings. The number of rotatable bonds is 8. The molecule has 0 aliphatic rings. The zero-order chi connectivity index (χ0) is 13.4. The minimum absolute atomic E-state index is 0.516. The Kier molecular flexibility index (Phi) is 7.04. The Hall–Kier alpha value is -0.820. The summed E-state index contributed by atoms with van der Waals surface area (Å²) >= 11 is 0. The van der Waals surface area contributed by atoms with Crippen LogP contribution in [0.5, 0.6) is 0 Å². The summed E-state index contributed by atoms with van der Waals surface area (Å²) in [7, 11) is 0. The molecule has 0 aromatic heterocycles. The molecule has 18 heavy (non-hydrogen) atoms. The molecule has 2 unspecified atom stereocenters. The summed E-state index contributed by atoms with van der Waals surface area (Å²) in [6.45, 7) is 10.1. The van der Waals surface area contributed by atoms with Gasteiger partial charge < -0.3 is 5.32 Å². The SMILES string of the molecule is CCCC(C)CC(NCC)c1ccc(CC)cc1. The Balaban J connectivity index is 2.69. The molecule has 0 amide bonds. The van der Waals surface area contributed by atoms with Gasteiger partial charge in [0.05, 0.1) is 0 Å². The number of hydrogen-bond donors (Lipinski definition) is 1. The van der Waals surface area contributed by atoms with Crippen LogP contribution in [0.1, 0.15) is 64.1 Å². The molecule has 1 aromatic carbocycles. The van der Waals surface area contributed by atoms with Crippen molar-refractivity contribution < 1.29 is 0 Å². The summed E-state index contributed by atoms with van der Waals surface area (Å²) in [5, 5.41) is 3.63. The Morgan fingerprint density at radius 3 is 2.22 bits per heavy atom. The van der Waals surface area contributed by atoms with Gasteiger partial charge in [0.1, 0.15) is 0 Å². The van der Waals surface area contributed by atoms with E-state index < -0.39 is 0 Å². The highest BCUT2D eigenvalue weighted by Crippen LogP contribution is 2.24. The van der Waals surface area contributed by atoms with Gasteiger partial charge in [-0.05, 0) is 36.4 Å². The molecule has 1 nitrogen and oxygen atoms in total. The van der Waals surface area contributed by atoms with Crippen LogP contribution in [-0.4, -0.2) is 6.54 Å². The van der Waals surface area contributed by atoms with Gasteiger partial charge in [-0.2, -0.15) is 0 Å². The van der Waals surface area contributed by atoms with E-state index in [0.717, 1.165) is 18.9 Å². The van der Waals surface area contributed by atoms with Gasteiger partial charge in [0, 0.05) is 6.04 Å². The molecule has 0 heterocycles. The van der Waals surface area contributed by atoms with Crippen molar-refractivity contribution in [3.05, 3.63) is 35.4 Å². The zero-order valence-corrected chi connectivity index (χ0v) is 12.5. The summed E-state index contributed by atoms with van der Waals surface area (Å²) in [6.07, 6.45) is 4.98. The van der Waals surface area contributed by atoms with Gasteiger partial charge >= 0.3 is 0 Å². The second-order valence-corrected chi connectivity index (χ2v) is 5.33. The van der Waals surface area contributed by atoms with E-state index in [9.17, 15) is 0 Å². The molecular weight excluding hydrogens is 218 g/mol. The van der Waals surface area contributed by atoms with Crippen LogP contribution in [0.25, 0.3) is 0 Å². The highest BCUT2D eigenvalue weighted by atomic mass is 14.9. The topological polar surface area (TPSA) is 12.0 Å². The third-order valence-corrected chi connectivity index (χ3v) is 3.66. The third-order valence-electron chi connectivity index (χ3n) is 3.66. The molecule has 1 N–H and O–H groups in total. The summed E-state index contributed by atoms with van der Waals surface area (Å²) < 4.78 is 0. The van der Waals surface area contributed by atoms with Gasteiger partial charge in [0.25, 0.3) is 0 Å². The normalized spacial score (nSPS) is 14.4.